The second kappa shape index (κ2) is 10.5. The zero-order valence-electron chi connectivity index (χ0n) is 22.7. The number of ether oxygens (including phenoxy) is 2. The number of anilines is 3. The molecule has 1 aromatic heterocycles. The molecule has 1 N–H and O–H groups in total. The number of carbonyl (C=O) groups is 1. The number of hydrogen-bond acceptors (Lipinski definition) is 8. The summed E-state index contributed by atoms with van der Waals surface area (Å²) in [6.45, 7) is 3.58. The number of methoxy groups -OCH3 is 1. The first-order valence-electron chi connectivity index (χ1n) is 13.3. The van der Waals surface area contributed by atoms with Crippen molar-refractivity contribution in [2.75, 3.05) is 88.9 Å². The van der Waals surface area contributed by atoms with E-state index in [1.165, 1.54) is 6.07 Å². The summed E-state index contributed by atoms with van der Waals surface area (Å²) in [4.78, 5) is 42.0. The van der Waals surface area contributed by atoms with Crippen LogP contribution in [0.4, 0.5) is 21.8 Å². The van der Waals surface area contributed by atoms with Gasteiger partial charge in [0.25, 0.3) is 5.56 Å². The van der Waals surface area contributed by atoms with Crippen LogP contribution in [-0.2, 0) is 21.4 Å². The zero-order valence-corrected chi connectivity index (χ0v) is 22.7. The van der Waals surface area contributed by atoms with Crippen molar-refractivity contribution in [3.8, 4) is 5.75 Å². The number of carbonyl (C=O) groups excluding carboxylic acids is 1. The number of nitrogens with zero attached hydrogens (tertiary/aromatic N) is 5. The molecule has 1 fully saturated rings. The molecule has 4 heterocycles. The lowest BCUT2D eigenvalue weighted by atomic mass is 9.73. The van der Waals surface area contributed by atoms with Crippen molar-refractivity contribution in [3.05, 3.63) is 39.4 Å². The van der Waals surface area contributed by atoms with Crippen molar-refractivity contribution >= 4 is 23.4 Å². The molecule has 1 saturated heterocycles. The highest BCUT2D eigenvalue weighted by molar-refractivity contribution is 6.08. The maximum Gasteiger partial charge on any atom is 0.257 e. The van der Waals surface area contributed by atoms with Crippen LogP contribution in [0.3, 0.4) is 0 Å². The maximum absolute atomic E-state index is 15.8. The number of fused-ring (bicyclic) bond motifs is 3. The van der Waals surface area contributed by atoms with Crippen LogP contribution in [0.15, 0.2) is 16.9 Å². The molecule has 3 aliphatic rings. The Morgan fingerprint density at radius 1 is 1.16 bits per heavy atom. The quantitative estimate of drug-likeness (QED) is 0.554. The summed E-state index contributed by atoms with van der Waals surface area (Å²) < 4.78 is 26.8. The predicted molar refractivity (Wildman–Crippen MR) is 144 cm³/mol. The number of rotatable bonds is 8. The number of benzene rings is 1. The van der Waals surface area contributed by atoms with E-state index in [9.17, 15) is 9.59 Å². The van der Waals surface area contributed by atoms with Crippen molar-refractivity contribution < 1.29 is 18.7 Å². The molecule has 0 unspecified atom stereocenters. The predicted octanol–water partition coefficient (Wildman–Crippen LogP) is 1.76. The molecule has 1 spiro atoms. The summed E-state index contributed by atoms with van der Waals surface area (Å²) in [6.07, 6.45) is 2.47. The van der Waals surface area contributed by atoms with E-state index >= 15 is 4.39 Å². The standard InChI is InChI=1S/C27H37FN6O4/c1-31(2)12-15-38-18-16-20(28)22-21(17-18)34(13-14-37-4)25(36)27(22)7-10-33(11-8-27)26-29-23-19(24(35)30-26)6-5-9-32(23)3/h16-17H,5-15H2,1-4H3,(H,29,30,35). The third-order valence-corrected chi connectivity index (χ3v) is 7.97. The molecule has 0 aliphatic carbocycles. The number of hydrogen-bond donors (Lipinski definition) is 1. The summed E-state index contributed by atoms with van der Waals surface area (Å²) in [5.41, 5.74) is 0.622. The summed E-state index contributed by atoms with van der Waals surface area (Å²) in [5, 5.41) is 0. The number of halogens is 1. The molecule has 10 nitrogen and oxygen atoms in total. The largest absolute Gasteiger partial charge is 0.492 e. The average molecular weight is 529 g/mol. The molecule has 2 aromatic rings. The fraction of sp³-hybridized carbons (Fsp3) is 0.593. The number of nitrogens with one attached hydrogen (secondary N) is 1. The van der Waals surface area contributed by atoms with Crippen LogP contribution in [0.25, 0.3) is 0 Å². The fourth-order valence-electron chi connectivity index (χ4n) is 5.89. The van der Waals surface area contributed by atoms with Gasteiger partial charge in [0.1, 0.15) is 24.0 Å². The minimum Gasteiger partial charge on any atom is -0.492 e. The molecule has 0 radical (unpaired) electrons. The highest BCUT2D eigenvalue weighted by Crippen LogP contribution is 2.50. The van der Waals surface area contributed by atoms with Crippen LogP contribution in [0.1, 0.15) is 30.4 Å². The summed E-state index contributed by atoms with van der Waals surface area (Å²) in [7, 11) is 7.42. The third kappa shape index (κ3) is 4.62. The minimum absolute atomic E-state index is 0.111. The molecule has 206 valence electrons. The lowest BCUT2D eigenvalue weighted by Gasteiger charge is -2.39. The van der Waals surface area contributed by atoms with Gasteiger partial charge in [0.2, 0.25) is 11.9 Å². The van der Waals surface area contributed by atoms with Gasteiger partial charge in [-0.3, -0.25) is 14.6 Å². The second-order valence-corrected chi connectivity index (χ2v) is 10.7. The van der Waals surface area contributed by atoms with Gasteiger partial charge in [0, 0.05) is 64.6 Å². The molecule has 3 aliphatic heterocycles. The van der Waals surface area contributed by atoms with Gasteiger partial charge < -0.3 is 29.1 Å². The van der Waals surface area contributed by atoms with E-state index in [1.54, 1.807) is 18.1 Å². The van der Waals surface area contributed by atoms with Gasteiger partial charge in [-0.05, 0) is 39.8 Å². The van der Waals surface area contributed by atoms with Crippen LogP contribution >= 0.6 is 0 Å². The molecular weight excluding hydrogens is 491 g/mol. The van der Waals surface area contributed by atoms with Crippen LogP contribution in [-0.4, -0.2) is 95.0 Å². The summed E-state index contributed by atoms with van der Waals surface area (Å²) in [5.74, 6) is 1.10. The van der Waals surface area contributed by atoms with E-state index in [4.69, 9.17) is 14.5 Å². The highest BCUT2D eigenvalue weighted by Gasteiger charge is 2.54. The number of H-pyrrole nitrogens is 1. The van der Waals surface area contributed by atoms with E-state index in [0.717, 1.165) is 24.3 Å². The number of likely N-dealkylation sites (N-methyl/N-ethyl adjacent to an activating group) is 1. The minimum atomic E-state index is -0.975. The fourth-order valence-corrected chi connectivity index (χ4v) is 5.89. The Morgan fingerprint density at radius 3 is 2.63 bits per heavy atom. The van der Waals surface area contributed by atoms with Crippen LogP contribution in [0.5, 0.6) is 5.75 Å². The number of piperidine rings is 1. The van der Waals surface area contributed by atoms with E-state index < -0.39 is 11.2 Å². The highest BCUT2D eigenvalue weighted by atomic mass is 19.1. The summed E-state index contributed by atoms with van der Waals surface area (Å²) in [6, 6.07) is 3.18. The van der Waals surface area contributed by atoms with Crippen LogP contribution in [0, 0.1) is 5.82 Å². The van der Waals surface area contributed by atoms with E-state index in [-0.39, 0.29) is 11.5 Å². The molecule has 11 heteroatoms. The second-order valence-electron chi connectivity index (χ2n) is 10.7. The van der Waals surface area contributed by atoms with Gasteiger partial charge in [-0.1, -0.05) is 0 Å². The lowest BCUT2D eigenvalue weighted by molar-refractivity contribution is -0.124. The Kier molecular flexibility index (Phi) is 7.32. The topological polar surface area (TPSA) is 94.2 Å². The Bertz CT molecular complexity index is 1260. The normalized spacial score (nSPS) is 18.4. The number of aromatic nitrogens is 2. The zero-order chi connectivity index (χ0) is 27.0. The molecule has 5 rings (SSSR count). The molecule has 1 aromatic carbocycles. The SMILES string of the molecule is COCCN1C(=O)C2(CCN(c3nc4c(c(=O)[nH]3)CCCN4C)CC2)c2c(F)cc(OCCN(C)C)cc21. The molecule has 0 saturated carbocycles. The van der Waals surface area contributed by atoms with E-state index in [0.29, 0.717) is 81.6 Å². The van der Waals surface area contributed by atoms with Gasteiger partial charge in [-0.25, -0.2) is 4.39 Å². The molecule has 1 amide bonds. The first-order valence-corrected chi connectivity index (χ1v) is 13.3. The average Bonchev–Trinajstić information content (AvgIpc) is 3.10. The van der Waals surface area contributed by atoms with E-state index in [2.05, 4.69) is 4.98 Å². The maximum atomic E-state index is 15.8. The Balaban J connectivity index is 1.43. The number of amides is 1. The Morgan fingerprint density at radius 2 is 1.92 bits per heavy atom. The van der Waals surface area contributed by atoms with Crippen LogP contribution < -0.4 is 25.0 Å². The third-order valence-electron chi connectivity index (χ3n) is 7.97. The number of aromatic amines is 1. The summed E-state index contributed by atoms with van der Waals surface area (Å²) >= 11 is 0. The van der Waals surface area contributed by atoms with Gasteiger partial charge in [-0.15, -0.1) is 0 Å². The molecule has 0 atom stereocenters. The van der Waals surface area contributed by atoms with Gasteiger partial charge in [0.05, 0.1) is 23.3 Å². The van der Waals surface area contributed by atoms with Gasteiger partial charge in [0.15, 0.2) is 0 Å². The molecular formula is C27H37FN6O4. The van der Waals surface area contributed by atoms with Crippen molar-refractivity contribution in [1.82, 2.24) is 14.9 Å². The van der Waals surface area contributed by atoms with Gasteiger partial charge >= 0.3 is 0 Å². The first-order chi connectivity index (χ1) is 18.2. The van der Waals surface area contributed by atoms with Crippen molar-refractivity contribution in [1.29, 1.82) is 0 Å². The monoisotopic (exact) mass is 528 g/mol. The van der Waals surface area contributed by atoms with E-state index in [1.807, 2.05) is 35.8 Å². The molecule has 0 bridgehead atoms. The lowest BCUT2D eigenvalue weighted by Crippen LogP contribution is -2.50. The van der Waals surface area contributed by atoms with Crippen molar-refractivity contribution in [2.45, 2.75) is 31.1 Å². The Labute approximate surface area is 222 Å². The molecule has 38 heavy (non-hydrogen) atoms. The van der Waals surface area contributed by atoms with Crippen molar-refractivity contribution in [3.63, 3.8) is 0 Å². The first kappa shape index (κ1) is 26.4. The van der Waals surface area contributed by atoms with Gasteiger partial charge in [-0.2, -0.15) is 4.98 Å². The Hall–Kier alpha value is -3.18. The van der Waals surface area contributed by atoms with Crippen LogP contribution in [0.2, 0.25) is 0 Å². The van der Waals surface area contributed by atoms with Crippen molar-refractivity contribution in [2.24, 2.45) is 0 Å². The smallest absolute Gasteiger partial charge is 0.257 e.